The molecule has 106 valence electrons. The first kappa shape index (κ1) is 15.2. The Morgan fingerprint density at radius 3 is 2.35 bits per heavy atom. The van der Waals surface area contributed by atoms with Crippen molar-refractivity contribution in [3.8, 4) is 0 Å². The van der Waals surface area contributed by atoms with Crippen LogP contribution in [0.25, 0.3) is 0 Å². The molecule has 20 heavy (non-hydrogen) atoms. The van der Waals surface area contributed by atoms with Gasteiger partial charge in [-0.05, 0) is 52.3 Å². The van der Waals surface area contributed by atoms with Gasteiger partial charge in [0.15, 0.2) is 11.6 Å². The van der Waals surface area contributed by atoms with Crippen molar-refractivity contribution in [1.82, 2.24) is 0 Å². The smallest absolute Gasteiger partial charge is 0.262 e. The van der Waals surface area contributed by atoms with Gasteiger partial charge in [-0.3, -0.25) is 4.72 Å². The van der Waals surface area contributed by atoms with Gasteiger partial charge < -0.3 is 0 Å². The van der Waals surface area contributed by atoms with E-state index in [9.17, 15) is 17.2 Å². The van der Waals surface area contributed by atoms with Crippen molar-refractivity contribution in [3.63, 3.8) is 0 Å². The molecule has 2 aromatic carbocycles. The highest BCUT2D eigenvalue weighted by molar-refractivity contribution is 9.10. The van der Waals surface area contributed by atoms with Gasteiger partial charge in [0.25, 0.3) is 10.0 Å². The monoisotopic (exact) mass is 381 g/mol. The molecular formula is C12H7BrClF2NO2S. The van der Waals surface area contributed by atoms with Crippen molar-refractivity contribution < 1.29 is 17.2 Å². The molecule has 0 radical (unpaired) electrons. The van der Waals surface area contributed by atoms with Gasteiger partial charge in [0.05, 0.1) is 10.6 Å². The third-order valence-corrected chi connectivity index (χ3v) is 4.63. The van der Waals surface area contributed by atoms with E-state index in [4.69, 9.17) is 11.6 Å². The van der Waals surface area contributed by atoms with Crippen LogP contribution in [0.4, 0.5) is 14.5 Å². The summed E-state index contributed by atoms with van der Waals surface area (Å²) in [6.07, 6.45) is 0. The van der Waals surface area contributed by atoms with Gasteiger partial charge in [-0.1, -0.05) is 11.6 Å². The lowest BCUT2D eigenvalue weighted by Crippen LogP contribution is -2.13. The zero-order valence-corrected chi connectivity index (χ0v) is 12.9. The van der Waals surface area contributed by atoms with Crippen LogP contribution in [0.15, 0.2) is 45.8 Å². The molecule has 0 spiro atoms. The molecule has 0 aliphatic rings. The molecule has 0 atom stereocenters. The van der Waals surface area contributed by atoms with Crippen molar-refractivity contribution in [1.29, 1.82) is 0 Å². The standard InChI is InChI=1S/C12H7BrClF2NO2S/c13-9-5-7(14)1-4-12(9)17-20(18,19)8-2-3-10(15)11(16)6-8/h1-6,17H. The van der Waals surface area contributed by atoms with Crippen LogP contribution in [-0.4, -0.2) is 8.42 Å². The normalized spacial score (nSPS) is 11.4. The summed E-state index contributed by atoms with van der Waals surface area (Å²) in [5.74, 6) is -2.35. The molecule has 0 saturated carbocycles. The Hall–Kier alpha value is -1.18. The number of hydrogen-bond acceptors (Lipinski definition) is 2. The van der Waals surface area contributed by atoms with Gasteiger partial charge in [0.2, 0.25) is 0 Å². The Morgan fingerprint density at radius 1 is 1.05 bits per heavy atom. The minimum atomic E-state index is -4.02. The first-order chi connectivity index (χ1) is 9.29. The number of benzene rings is 2. The fourth-order valence-electron chi connectivity index (χ4n) is 1.42. The number of sulfonamides is 1. The Labute approximate surface area is 127 Å². The highest BCUT2D eigenvalue weighted by atomic mass is 79.9. The number of hydrogen-bond donors (Lipinski definition) is 1. The van der Waals surface area contributed by atoms with Crippen molar-refractivity contribution in [2.45, 2.75) is 4.90 Å². The van der Waals surface area contributed by atoms with E-state index >= 15 is 0 Å². The van der Waals surface area contributed by atoms with E-state index in [2.05, 4.69) is 20.7 Å². The molecule has 0 bridgehead atoms. The van der Waals surface area contributed by atoms with E-state index in [-0.39, 0.29) is 10.6 Å². The molecule has 2 rings (SSSR count). The molecule has 0 unspecified atom stereocenters. The first-order valence-corrected chi connectivity index (χ1v) is 7.88. The van der Waals surface area contributed by atoms with Crippen molar-refractivity contribution >= 4 is 43.2 Å². The second kappa shape index (κ2) is 5.67. The summed E-state index contributed by atoms with van der Waals surface area (Å²) in [5, 5.41) is 0.424. The van der Waals surface area contributed by atoms with Crippen LogP contribution in [0.2, 0.25) is 5.02 Å². The maximum Gasteiger partial charge on any atom is 0.262 e. The van der Waals surface area contributed by atoms with Crippen LogP contribution in [0.5, 0.6) is 0 Å². The third-order valence-electron chi connectivity index (χ3n) is 2.38. The fourth-order valence-corrected chi connectivity index (χ4v) is 3.42. The van der Waals surface area contributed by atoms with Crippen molar-refractivity contribution in [2.24, 2.45) is 0 Å². The Morgan fingerprint density at radius 2 is 1.75 bits per heavy atom. The van der Waals surface area contributed by atoms with Gasteiger partial charge in [-0.2, -0.15) is 0 Å². The van der Waals surface area contributed by atoms with Crippen LogP contribution in [0.3, 0.4) is 0 Å². The summed E-state index contributed by atoms with van der Waals surface area (Å²) >= 11 is 8.90. The maximum absolute atomic E-state index is 13.1. The SMILES string of the molecule is O=S(=O)(Nc1ccc(Cl)cc1Br)c1ccc(F)c(F)c1. The largest absolute Gasteiger partial charge is 0.278 e. The average molecular weight is 383 g/mol. The molecule has 0 amide bonds. The summed E-state index contributed by atoms with van der Waals surface area (Å²) in [4.78, 5) is -0.377. The molecule has 0 fully saturated rings. The molecule has 0 heterocycles. The van der Waals surface area contributed by atoms with E-state index in [1.54, 1.807) is 0 Å². The van der Waals surface area contributed by atoms with Gasteiger partial charge in [-0.25, -0.2) is 17.2 Å². The lowest BCUT2D eigenvalue weighted by molar-refractivity contribution is 0.504. The van der Waals surface area contributed by atoms with Crippen molar-refractivity contribution in [2.75, 3.05) is 4.72 Å². The molecule has 3 nitrogen and oxygen atoms in total. The second-order valence-electron chi connectivity index (χ2n) is 3.81. The molecule has 8 heteroatoms. The summed E-state index contributed by atoms with van der Waals surface area (Å²) in [6.45, 7) is 0. The quantitative estimate of drug-likeness (QED) is 0.865. The number of nitrogens with one attached hydrogen (secondary N) is 1. The zero-order valence-electron chi connectivity index (χ0n) is 9.70. The van der Waals surface area contributed by atoms with E-state index in [0.29, 0.717) is 15.6 Å². The molecular weight excluding hydrogens is 376 g/mol. The lowest BCUT2D eigenvalue weighted by atomic mass is 10.3. The summed E-state index contributed by atoms with van der Waals surface area (Å²) < 4.78 is 52.7. The molecule has 0 aliphatic carbocycles. The number of anilines is 1. The topological polar surface area (TPSA) is 46.2 Å². The van der Waals surface area contributed by atoms with Crippen LogP contribution >= 0.6 is 27.5 Å². The van der Waals surface area contributed by atoms with Crippen LogP contribution in [0, 0.1) is 11.6 Å². The highest BCUT2D eigenvalue weighted by Crippen LogP contribution is 2.28. The van der Waals surface area contributed by atoms with E-state index < -0.39 is 21.7 Å². The number of rotatable bonds is 3. The molecule has 0 aromatic heterocycles. The minimum Gasteiger partial charge on any atom is -0.278 e. The fraction of sp³-hybridized carbons (Fsp3) is 0. The third kappa shape index (κ3) is 3.28. The molecule has 0 saturated heterocycles. The number of halogens is 4. The summed E-state index contributed by atoms with van der Waals surface area (Å²) in [6, 6.07) is 6.79. The highest BCUT2D eigenvalue weighted by Gasteiger charge is 2.17. The van der Waals surface area contributed by atoms with E-state index in [1.165, 1.54) is 18.2 Å². The Kier molecular flexibility index (Phi) is 4.31. The molecule has 2 aromatic rings. The van der Waals surface area contributed by atoms with Gasteiger partial charge in [0, 0.05) is 9.50 Å². The Balaban J connectivity index is 2.38. The van der Waals surface area contributed by atoms with Gasteiger partial charge in [0.1, 0.15) is 0 Å². The second-order valence-corrected chi connectivity index (χ2v) is 6.78. The van der Waals surface area contributed by atoms with Crippen LogP contribution in [0.1, 0.15) is 0 Å². The summed E-state index contributed by atoms with van der Waals surface area (Å²) in [7, 11) is -4.02. The lowest BCUT2D eigenvalue weighted by Gasteiger charge is -2.10. The molecule has 0 aliphatic heterocycles. The van der Waals surface area contributed by atoms with Gasteiger partial charge >= 0.3 is 0 Å². The van der Waals surface area contributed by atoms with Crippen LogP contribution in [-0.2, 0) is 10.0 Å². The average Bonchev–Trinajstić information content (AvgIpc) is 2.36. The maximum atomic E-state index is 13.1. The Bertz CT molecular complexity index is 768. The molecule has 1 N–H and O–H groups in total. The first-order valence-electron chi connectivity index (χ1n) is 5.22. The van der Waals surface area contributed by atoms with Crippen LogP contribution < -0.4 is 4.72 Å². The van der Waals surface area contributed by atoms with Gasteiger partial charge in [-0.15, -0.1) is 0 Å². The zero-order chi connectivity index (χ0) is 14.9. The summed E-state index contributed by atoms with van der Waals surface area (Å²) in [5.41, 5.74) is 0.235. The van der Waals surface area contributed by atoms with E-state index in [0.717, 1.165) is 12.1 Å². The van der Waals surface area contributed by atoms with Crippen molar-refractivity contribution in [3.05, 3.63) is 57.5 Å². The predicted octanol–water partition coefficient (Wildman–Crippen LogP) is 4.18. The van der Waals surface area contributed by atoms with E-state index in [1.807, 2.05) is 0 Å². The predicted molar refractivity (Wildman–Crippen MR) is 76.3 cm³/mol. The minimum absolute atomic E-state index is 0.235.